The van der Waals surface area contributed by atoms with Crippen molar-refractivity contribution in [1.29, 1.82) is 0 Å². The van der Waals surface area contributed by atoms with Gasteiger partial charge in [0.05, 0.1) is 19.9 Å². The SMILES string of the molecule is COc1ncc(Cl)c(N2CCCN(C(=O)OCC(C)C)CC2)n1. The average Bonchev–Trinajstić information content (AvgIpc) is 2.79. The molecule has 0 bridgehead atoms. The van der Waals surface area contributed by atoms with Gasteiger partial charge in [0.2, 0.25) is 0 Å². The predicted molar refractivity (Wildman–Crippen MR) is 88.2 cm³/mol. The molecule has 0 aromatic carbocycles. The zero-order chi connectivity index (χ0) is 16.8. The number of aromatic nitrogens is 2. The van der Waals surface area contributed by atoms with Crippen LogP contribution in [0.4, 0.5) is 10.6 Å². The van der Waals surface area contributed by atoms with Crippen molar-refractivity contribution in [3.05, 3.63) is 11.2 Å². The van der Waals surface area contributed by atoms with Gasteiger partial charge in [-0.2, -0.15) is 4.98 Å². The molecule has 1 aromatic heterocycles. The molecule has 2 heterocycles. The summed E-state index contributed by atoms with van der Waals surface area (Å²) < 4.78 is 10.3. The van der Waals surface area contributed by atoms with E-state index in [1.165, 1.54) is 13.3 Å². The summed E-state index contributed by atoms with van der Waals surface area (Å²) in [6.45, 7) is 7.09. The minimum Gasteiger partial charge on any atom is -0.467 e. The van der Waals surface area contributed by atoms with Crippen LogP contribution in [-0.2, 0) is 4.74 Å². The number of ether oxygens (including phenoxy) is 2. The first-order valence-corrected chi connectivity index (χ1v) is 8.12. The number of hydrogen-bond donors (Lipinski definition) is 0. The maximum Gasteiger partial charge on any atom is 0.409 e. The Morgan fingerprint density at radius 2 is 2.13 bits per heavy atom. The van der Waals surface area contributed by atoms with Crippen LogP contribution in [0.3, 0.4) is 0 Å². The fourth-order valence-corrected chi connectivity index (χ4v) is 2.51. The molecular formula is C15H23ClN4O3. The van der Waals surface area contributed by atoms with Crippen LogP contribution in [0.5, 0.6) is 6.01 Å². The number of nitrogens with zero attached hydrogens (tertiary/aromatic N) is 4. The quantitative estimate of drug-likeness (QED) is 0.837. The number of carbonyl (C=O) groups excluding carboxylic acids is 1. The molecule has 1 saturated heterocycles. The van der Waals surface area contributed by atoms with Gasteiger partial charge < -0.3 is 19.3 Å². The summed E-state index contributed by atoms with van der Waals surface area (Å²) >= 11 is 6.20. The van der Waals surface area contributed by atoms with Crippen LogP contribution in [0.2, 0.25) is 5.02 Å². The second-order valence-electron chi connectivity index (χ2n) is 5.83. The molecule has 0 atom stereocenters. The lowest BCUT2D eigenvalue weighted by Gasteiger charge is -2.23. The van der Waals surface area contributed by atoms with Gasteiger partial charge in [-0.3, -0.25) is 0 Å². The van der Waals surface area contributed by atoms with E-state index >= 15 is 0 Å². The van der Waals surface area contributed by atoms with E-state index in [-0.39, 0.29) is 12.1 Å². The highest BCUT2D eigenvalue weighted by Gasteiger charge is 2.22. The lowest BCUT2D eigenvalue weighted by Crippen LogP contribution is -2.36. The van der Waals surface area contributed by atoms with Crippen molar-refractivity contribution in [2.45, 2.75) is 20.3 Å². The summed E-state index contributed by atoms with van der Waals surface area (Å²) in [5.41, 5.74) is 0. The molecule has 0 N–H and O–H groups in total. The van der Waals surface area contributed by atoms with Crippen LogP contribution in [-0.4, -0.2) is 60.9 Å². The van der Waals surface area contributed by atoms with E-state index in [1.807, 2.05) is 18.7 Å². The monoisotopic (exact) mass is 342 g/mol. The third-order valence-corrected chi connectivity index (χ3v) is 3.75. The lowest BCUT2D eigenvalue weighted by atomic mass is 10.2. The minimum atomic E-state index is -0.257. The summed E-state index contributed by atoms with van der Waals surface area (Å²) in [5, 5.41) is 0.474. The van der Waals surface area contributed by atoms with Gasteiger partial charge in [-0.05, 0) is 12.3 Å². The summed E-state index contributed by atoms with van der Waals surface area (Å²) in [5.74, 6) is 0.964. The molecule has 0 saturated carbocycles. The third-order valence-electron chi connectivity index (χ3n) is 3.48. The molecule has 0 unspecified atom stereocenters. The highest BCUT2D eigenvalue weighted by molar-refractivity contribution is 6.32. The van der Waals surface area contributed by atoms with E-state index in [1.54, 1.807) is 4.90 Å². The summed E-state index contributed by atoms with van der Waals surface area (Å²) in [7, 11) is 1.52. The van der Waals surface area contributed by atoms with Gasteiger partial charge in [-0.15, -0.1) is 0 Å². The standard InChI is InChI=1S/C15H23ClN4O3/c1-11(2)10-23-15(21)20-6-4-5-19(7-8-20)13-12(16)9-17-14(18-13)22-3/h9,11H,4-8,10H2,1-3H3. The molecule has 2 rings (SSSR count). The first-order valence-electron chi connectivity index (χ1n) is 7.74. The molecule has 1 amide bonds. The summed E-state index contributed by atoms with van der Waals surface area (Å²) in [6, 6.07) is 0.279. The van der Waals surface area contributed by atoms with Gasteiger partial charge in [0.25, 0.3) is 0 Å². The van der Waals surface area contributed by atoms with E-state index in [0.717, 1.165) is 13.0 Å². The Kier molecular flexibility index (Phi) is 6.27. The Bertz CT molecular complexity index is 541. The molecule has 128 valence electrons. The number of carbonyl (C=O) groups is 1. The Labute approximate surface area is 141 Å². The molecule has 0 aliphatic carbocycles. The predicted octanol–water partition coefficient (Wildman–Crippen LogP) is 2.44. The Balaban J connectivity index is 1.99. The molecule has 1 fully saturated rings. The first kappa shape index (κ1) is 17.6. The second kappa shape index (κ2) is 8.19. The number of amides is 1. The van der Waals surface area contributed by atoms with Gasteiger partial charge in [0.1, 0.15) is 5.02 Å². The molecular weight excluding hydrogens is 320 g/mol. The van der Waals surface area contributed by atoms with Crippen molar-refractivity contribution in [2.24, 2.45) is 5.92 Å². The second-order valence-corrected chi connectivity index (χ2v) is 6.23. The average molecular weight is 343 g/mol. The molecule has 1 aromatic rings. The molecule has 23 heavy (non-hydrogen) atoms. The molecule has 0 spiro atoms. The van der Waals surface area contributed by atoms with Crippen LogP contribution in [0, 0.1) is 5.92 Å². The highest BCUT2D eigenvalue weighted by atomic mass is 35.5. The number of halogens is 1. The maximum atomic E-state index is 12.1. The fourth-order valence-electron chi connectivity index (χ4n) is 2.30. The van der Waals surface area contributed by atoms with Crippen molar-refractivity contribution in [3.8, 4) is 6.01 Å². The zero-order valence-corrected chi connectivity index (χ0v) is 14.5. The van der Waals surface area contributed by atoms with E-state index in [0.29, 0.717) is 43.0 Å². The van der Waals surface area contributed by atoms with Gasteiger partial charge in [-0.1, -0.05) is 25.4 Å². The van der Waals surface area contributed by atoms with Gasteiger partial charge >= 0.3 is 12.1 Å². The fraction of sp³-hybridized carbons (Fsp3) is 0.667. The molecule has 1 aliphatic heterocycles. The summed E-state index contributed by atoms with van der Waals surface area (Å²) in [6.07, 6.45) is 2.09. The van der Waals surface area contributed by atoms with Crippen LogP contribution in [0.1, 0.15) is 20.3 Å². The number of rotatable bonds is 4. The Morgan fingerprint density at radius 3 is 2.83 bits per heavy atom. The van der Waals surface area contributed by atoms with Crippen molar-refractivity contribution in [2.75, 3.05) is 44.8 Å². The van der Waals surface area contributed by atoms with Crippen molar-refractivity contribution < 1.29 is 14.3 Å². The Hall–Kier alpha value is -1.76. The van der Waals surface area contributed by atoms with Gasteiger partial charge in [-0.25, -0.2) is 9.78 Å². The van der Waals surface area contributed by atoms with Crippen molar-refractivity contribution >= 4 is 23.5 Å². The first-order chi connectivity index (χ1) is 11.0. The molecule has 7 nitrogen and oxygen atoms in total. The van der Waals surface area contributed by atoms with Crippen LogP contribution in [0.25, 0.3) is 0 Å². The zero-order valence-electron chi connectivity index (χ0n) is 13.8. The Morgan fingerprint density at radius 1 is 1.35 bits per heavy atom. The van der Waals surface area contributed by atoms with Gasteiger partial charge in [0.15, 0.2) is 5.82 Å². The number of hydrogen-bond acceptors (Lipinski definition) is 6. The van der Waals surface area contributed by atoms with E-state index < -0.39 is 0 Å². The topological polar surface area (TPSA) is 67.8 Å². The number of methoxy groups -OCH3 is 1. The van der Waals surface area contributed by atoms with Gasteiger partial charge in [0, 0.05) is 26.2 Å². The summed E-state index contributed by atoms with van der Waals surface area (Å²) in [4.78, 5) is 24.1. The molecule has 8 heteroatoms. The largest absolute Gasteiger partial charge is 0.467 e. The maximum absolute atomic E-state index is 12.1. The highest BCUT2D eigenvalue weighted by Crippen LogP contribution is 2.25. The lowest BCUT2D eigenvalue weighted by molar-refractivity contribution is 0.0943. The third kappa shape index (κ3) is 4.86. The minimum absolute atomic E-state index is 0.257. The smallest absolute Gasteiger partial charge is 0.409 e. The molecule has 0 radical (unpaired) electrons. The van der Waals surface area contributed by atoms with E-state index in [4.69, 9.17) is 21.1 Å². The normalized spacial score (nSPS) is 15.5. The van der Waals surface area contributed by atoms with Crippen molar-refractivity contribution in [1.82, 2.24) is 14.9 Å². The van der Waals surface area contributed by atoms with Crippen LogP contribution < -0.4 is 9.64 Å². The van der Waals surface area contributed by atoms with Crippen molar-refractivity contribution in [3.63, 3.8) is 0 Å². The van der Waals surface area contributed by atoms with E-state index in [9.17, 15) is 4.79 Å². The molecule has 1 aliphatic rings. The number of anilines is 1. The van der Waals surface area contributed by atoms with Crippen LogP contribution >= 0.6 is 11.6 Å². The van der Waals surface area contributed by atoms with Crippen LogP contribution in [0.15, 0.2) is 6.20 Å². The van der Waals surface area contributed by atoms with E-state index in [2.05, 4.69) is 9.97 Å².